The van der Waals surface area contributed by atoms with Gasteiger partial charge in [0.15, 0.2) is 0 Å². The molecule has 1 aliphatic rings. The maximum atomic E-state index is 11.3. The minimum Gasteiger partial charge on any atom is -0.478 e. The van der Waals surface area contributed by atoms with Gasteiger partial charge in [0.25, 0.3) is 0 Å². The molecule has 94 valence electrons. The highest BCUT2D eigenvalue weighted by Gasteiger charge is 2.32. The molecule has 1 atom stereocenters. The summed E-state index contributed by atoms with van der Waals surface area (Å²) in [6.45, 7) is 5.81. The Hall–Kier alpha value is -1.59. The van der Waals surface area contributed by atoms with Gasteiger partial charge in [-0.3, -0.25) is 5.01 Å². The van der Waals surface area contributed by atoms with Crippen LogP contribution in [0.4, 0.5) is 0 Å². The molecule has 0 aromatic heterocycles. The van der Waals surface area contributed by atoms with E-state index in [9.17, 15) is 9.90 Å². The Kier molecular flexibility index (Phi) is 4.93. The quantitative estimate of drug-likeness (QED) is 0.682. The normalized spacial score (nSPS) is 20.4. The molecule has 0 radical (unpaired) electrons. The molecular formula is C12H18N2O3. The molecule has 5 nitrogen and oxygen atoms in total. The van der Waals surface area contributed by atoms with Crippen LogP contribution in [0.3, 0.4) is 0 Å². The molecule has 17 heavy (non-hydrogen) atoms. The van der Waals surface area contributed by atoms with E-state index in [1.165, 1.54) is 0 Å². The summed E-state index contributed by atoms with van der Waals surface area (Å²) in [6.07, 6.45) is 5.74. The summed E-state index contributed by atoms with van der Waals surface area (Å²) < 4.78 is 5.03. The highest BCUT2D eigenvalue weighted by atomic mass is 16.5. The zero-order valence-corrected chi connectivity index (χ0v) is 10.1. The van der Waals surface area contributed by atoms with Gasteiger partial charge in [0.2, 0.25) is 0 Å². The van der Waals surface area contributed by atoms with E-state index in [2.05, 4.69) is 12.0 Å². The van der Waals surface area contributed by atoms with Gasteiger partial charge in [0.1, 0.15) is 6.73 Å². The number of hydrogen-bond acceptors (Lipinski definition) is 4. The second-order valence-corrected chi connectivity index (χ2v) is 3.63. The fourth-order valence-electron chi connectivity index (χ4n) is 1.77. The van der Waals surface area contributed by atoms with Crippen molar-refractivity contribution in [2.24, 2.45) is 0 Å². The van der Waals surface area contributed by atoms with Crippen molar-refractivity contribution in [3.8, 4) is 0 Å². The first kappa shape index (κ1) is 13.5. The number of hydrogen-bond donors (Lipinski definition) is 2. The van der Waals surface area contributed by atoms with Gasteiger partial charge in [0.05, 0.1) is 17.3 Å². The van der Waals surface area contributed by atoms with Crippen LogP contribution in [0.5, 0.6) is 0 Å². The van der Waals surface area contributed by atoms with Crippen LogP contribution in [0.1, 0.15) is 13.3 Å². The number of methoxy groups -OCH3 is 1. The summed E-state index contributed by atoms with van der Waals surface area (Å²) in [5.41, 5.74) is 4.08. The maximum Gasteiger partial charge on any atom is 0.335 e. The van der Waals surface area contributed by atoms with Crippen molar-refractivity contribution in [1.29, 1.82) is 0 Å². The number of carbonyl (C=O) groups is 1. The number of rotatable bonds is 6. The van der Waals surface area contributed by atoms with Gasteiger partial charge in [-0.1, -0.05) is 25.7 Å². The van der Waals surface area contributed by atoms with Crippen LogP contribution in [0.2, 0.25) is 0 Å². The van der Waals surface area contributed by atoms with Crippen LogP contribution in [0.15, 0.2) is 36.1 Å². The SMILES string of the molecule is C=C/C=C\C1=C(C(=O)O)[C@@H](CC)NN1COC. The zero-order valence-electron chi connectivity index (χ0n) is 10.1. The number of ether oxygens (including phenoxy) is 1. The van der Waals surface area contributed by atoms with Gasteiger partial charge >= 0.3 is 5.97 Å². The second kappa shape index (κ2) is 6.22. The molecule has 1 rings (SSSR count). The smallest absolute Gasteiger partial charge is 0.335 e. The van der Waals surface area contributed by atoms with Crippen LogP contribution >= 0.6 is 0 Å². The average Bonchev–Trinajstić information content (AvgIpc) is 2.65. The van der Waals surface area contributed by atoms with Crippen molar-refractivity contribution in [2.45, 2.75) is 19.4 Å². The molecule has 0 fully saturated rings. The molecule has 0 aromatic carbocycles. The molecule has 0 aliphatic carbocycles. The van der Waals surface area contributed by atoms with Gasteiger partial charge < -0.3 is 9.84 Å². The first-order valence-corrected chi connectivity index (χ1v) is 5.44. The minimum atomic E-state index is -0.910. The van der Waals surface area contributed by atoms with E-state index in [4.69, 9.17) is 4.74 Å². The molecule has 0 spiro atoms. The lowest BCUT2D eigenvalue weighted by atomic mass is 10.0. The Morgan fingerprint density at radius 2 is 2.41 bits per heavy atom. The van der Waals surface area contributed by atoms with E-state index in [1.54, 1.807) is 30.3 Å². The summed E-state index contributed by atoms with van der Waals surface area (Å²) in [5, 5.41) is 10.9. The first-order chi connectivity index (χ1) is 8.15. The number of nitrogens with one attached hydrogen (secondary N) is 1. The van der Waals surface area contributed by atoms with E-state index >= 15 is 0 Å². The summed E-state index contributed by atoms with van der Waals surface area (Å²) in [7, 11) is 1.57. The van der Waals surface area contributed by atoms with Crippen molar-refractivity contribution in [1.82, 2.24) is 10.4 Å². The van der Waals surface area contributed by atoms with Crippen molar-refractivity contribution in [3.63, 3.8) is 0 Å². The van der Waals surface area contributed by atoms with Gasteiger partial charge in [-0.2, -0.15) is 0 Å². The number of carboxylic acids is 1. The van der Waals surface area contributed by atoms with Gasteiger partial charge in [-0.15, -0.1) is 0 Å². The van der Waals surface area contributed by atoms with E-state index in [1.807, 2.05) is 6.92 Å². The predicted octanol–water partition coefficient (Wildman–Crippen LogP) is 1.27. The number of carboxylic acid groups (broad SMARTS) is 1. The molecule has 5 heteroatoms. The molecule has 0 aromatic rings. The third-order valence-electron chi connectivity index (χ3n) is 2.51. The van der Waals surface area contributed by atoms with Crippen molar-refractivity contribution in [3.05, 3.63) is 36.1 Å². The van der Waals surface area contributed by atoms with Gasteiger partial charge in [-0.25, -0.2) is 10.2 Å². The number of aliphatic carboxylic acids is 1. The highest BCUT2D eigenvalue weighted by molar-refractivity contribution is 5.90. The third kappa shape index (κ3) is 2.95. The minimum absolute atomic E-state index is 0.188. The summed E-state index contributed by atoms with van der Waals surface area (Å²) in [5.74, 6) is -0.910. The van der Waals surface area contributed by atoms with Crippen LogP contribution < -0.4 is 5.43 Å². The van der Waals surface area contributed by atoms with Crippen molar-refractivity contribution in [2.75, 3.05) is 13.8 Å². The summed E-state index contributed by atoms with van der Waals surface area (Å²) in [6, 6.07) is -0.188. The highest BCUT2D eigenvalue weighted by Crippen LogP contribution is 2.24. The molecule has 0 unspecified atom stereocenters. The third-order valence-corrected chi connectivity index (χ3v) is 2.51. The van der Waals surface area contributed by atoms with E-state index in [0.29, 0.717) is 24.4 Å². The maximum absolute atomic E-state index is 11.3. The predicted molar refractivity (Wildman–Crippen MR) is 64.9 cm³/mol. The summed E-state index contributed by atoms with van der Waals surface area (Å²) in [4.78, 5) is 11.3. The van der Waals surface area contributed by atoms with Crippen LogP contribution in [0.25, 0.3) is 0 Å². The fourth-order valence-corrected chi connectivity index (χ4v) is 1.77. The molecular weight excluding hydrogens is 220 g/mol. The Bertz CT molecular complexity index is 361. The molecule has 0 saturated carbocycles. The Morgan fingerprint density at radius 1 is 1.71 bits per heavy atom. The van der Waals surface area contributed by atoms with E-state index < -0.39 is 5.97 Å². The van der Waals surface area contributed by atoms with Crippen LogP contribution in [-0.2, 0) is 9.53 Å². The lowest BCUT2D eigenvalue weighted by molar-refractivity contribution is -0.132. The number of hydrazine groups is 1. The first-order valence-electron chi connectivity index (χ1n) is 5.44. The van der Waals surface area contributed by atoms with Gasteiger partial charge in [-0.05, 0) is 12.5 Å². The Balaban J connectivity index is 3.10. The van der Waals surface area contributed by atoms with E-state index in [0.717, 1.165) is 0 Å². The Labute approximate surface area is 101 Å². The zero-order chi connectivity index (χ0) is 12.8. The van der Waals surface area contributed by atoms with E-state index in [-0.39, 0.29) is 6.04 Å². The van der Waals surface area contributed by atoms with Crippen LogP contribution in [0, 0.1) is 0 Å². The molecule has 1 heterocycles. The standard InChI is InChI=1S/C12H18N2O3/c1-4-6-7-10-11(12(15)16)9(5-2)13-14(10)8-17-3/h4,6-7,9,13H,1,5,8H2,2-3H3,(H,15,16)/b7-6-/t9-/m1/s1. The number of nitrogens with zero attached hydrogens (tertiary/aromatic N) is 1. The molecule has 1 aliphatic heterocycles. The van der Waals surface area contributed by atoms with Crippen LogP contribution in [-0.4, -0.2) is 36.0 Å². The largest absolute Gasteiger partial charge is 0.478 e. The lowest BCUT2D eigenvalue weighted by Gasteiger charge is -2.20. The molecule has 0 bridgehead atoms. The monoisotopic (exact) mass is 238 g/mol. The number of allylic oxidation sites excluding steroid dienone is 3. The second-order valence-electron chi connectivity index (χ2n) is 3.63. The summed E-state index contributed by atoms with van der Waals surface area (Å²) >= 11 is 0. The van der Waals surface area contributed by atoms with Crippen molar-refractivity contribution < 1.29 is 14.6 Å². The topological polar surface area (TPSA) is 61.8 Å². The van der Waals surface area contributed by atoms with Crippen molar-refractivity contribution >= 4 is 5.97 Å². The Morgan fingerprint density at radius 3 is 2.88 bits per heavy atom. The lowest BCUT2D eigenvalue weighted by Crippen LogP contribution is -2.38. The molecule has 0 saturated heterocycles. The fraction of sp³-hybridized carbons (Fsp3) is 0.417. The molecule has 2 N–H and O–H groups in total. The average molecular weight is 238 g/mol. The molecule has 0 amide bonds. The van der Waals surface area contributed by atoms with Gasteiger partial charge in [0, 0.05) is 7.11 Å².